The molecule has 0 bridgehead atoms. The Hall–Kier alpha value is -2.42. The summed E-state index contributed by atoms with van der Waals surface area (Å²) < 4.78 is 0. The number of hydrogen-bond acceptors (Lipinski definition) is 5. The summed E-state index contributed by atoms with van der Waals surface area (Å²) in [6.07, 6.45) is 1.29. The number of aliphatic hydroxyl groups is 1. The zero-order valence-corrected chi connectivity index (χ0v) is 13.0. The first-order valence-corrected chi connectivity index (χ1v) is 7.83. The van der Waals surface area contributed by atoms with Gasteiger partial charge in [0.05, 0.1) is 17.7 Å². The van der Waals surface area contributed by atoms with Gasteiger partial charge in [-0.2, -0.15) is 5.26 Å². The minimum Gasteiger partial charge on any atom is -0.387 e. The summed E-state index contributed by atoms with van der Waals surface area (Å²) in [4.78, 5) is 8.92. The molecule has 2 aromatic rings. The molecule has 0 spiro atoms. The van der Waals surface area contributed by atoms with E-state index in [1.807, 2.05) is 36.5 Å². The van der Waals surface area contributed by atoms with Crippen LogP contribution in [-0.2, 0) is 0 Å². The van der Waals surface area contributed by atoms with Gasteiger partial charge in [0.2, 0.25) is 0 Å². The molecule has 1 saturated heterocycles. The molecule has 1 atom stereocenters. The first kappa shape index (κ1) is 15.5. The molecule has 0 aliphatic carbocycles. The molecule has 1 aliphatic rings. The highest BCUT2D eigenvalue weighted by atomic mass is 16.3. The van der Waals surface area contributed by atoms with Crippen molar-refractivity contribution in [1.82, 2.24) is 9.88 Å². The Morgan fingerprint density at radius 3 is 2.43 bits per heavy atom. The van der Waals surface area contributed by atoms with E-state index in [1.54, 1.807) is 12.1 Å². The maximum Gasteiger partial charge on any atom is 0.128 e. The highest BCUT2D eigenvalue weighted by Gasteiger charge is 2.20. The average Bonchev–Trinajstić information content (AvgIpc) is 2.63. The van der Waals surface area contributed by atoms with Crippen molar-refractivity contribution >= 4 is 5.82 Å². The third-order valence-electron chi connectivity index (χ3n) is 4.20. The van der Waals surface area contributed by atoms with Crippen molar-refractivity contribution in [2.45, 2.75) is 6.10 Å². The molecular weight excluding hydrogens is 288 g/mol. The number of pyridine rings is 1. The SMILES string of the molecule is N#Cc1ccc(C(O)CN2CCN(c3ccccn3)CC2)cc1. The maximum atomic E-state index is 10.4. The Kier molecular flexibility index (Phi) is 4.86. The highest BCUT2D eigenvalue weighted by Crippen LogP contribution is 2.18. The number of benzene rings is 1. The number of β-amino-alcohol motifs (C(OH)–C–C–N with tert-alkyl or cyclic N) is 1. The molecule has 23 heavy (non-hydrogen) atoms. The Bertz CT molecular complexity index is 658. The van der Waals surface area contributed by atoms with E-state index in [9.17, 15) is 5.11 Å². The van der Waals surface area contributed by atoms with Crippen LogP contribution in [0.1, 0.15) is 17.2 Å². The molecule has 1 aromatic heterocycles. The molecule has 0 saturated carbocycles. The predicted octanol–water partition coefficient (Wildman–Crippen LogP) is 1.81. The second kappa shape index (κ2) is 7.23. The van der Waals surface area contributed by atoms with E-state index in [2.05, 4.69) is 20.9 Å². The lowest BCUT2D eigenvalue weighted by atomic mass is 10.1. The van der Waals surface area contributed by atoms with Crippen molar-refractivity contribution < 1.29 is 5.11 Å². The molecule has 1 fully saturated rings. The molecule has 2 heterocycles. The smallest absolute Gasteiger partial charge is 0.128 e. The van der Waals surface area contributed by atoms with E-state index >= 15 is 0 Å². The lowest BCUT2D eigenvalue weighted by Gasteiger charge is -2.36. The van der Waals surface area contributed by atoms with Crippen molar-refractivity contribution in [1.29, 1.82) is 5.26 Å². The van der Waals surface area contributed by atoms with E-state index in [0.717, 1.165) is 37.6 Å². The number of aliphatic hydroxyl groups excluding tert-OH is 1. The van der Waals surface area contributed by atoms with Gasteiger partial charge in [-0.05, 0) is 29.8 Å². The summed E-state index contributed by atoms with van der Waals surface area (Å²) in [6.45, 7) is 4.25. The molecule has 118 valence electrons. The number of anilines is 1. The Morgan fingerprint density at radius 2 is 1.83 bits per heavy atom. The van der Waals surface area contributed by atoms with Crippen LogP contribution in [0.25, 0.3) is 0 Å². The Labute approximate surface area is 136 Å². The molecule has 1 N–H and O–H groups in total. The van der Waals surface area contributed by atoms with Crippen molar-refractivity contribution in [2.75, 3.05) is 37.6 Å². The third kappa shape index (κ3) is 3.86. The standard InChI is InChI=1S/C18H20N4O/c19-13-15-4-6-16(7-5-15)17(23)14-21-9-11-22(12-10-21)18-3-1-2-8-20-18/h1-8,17,23H,9-12,14H2. The summed E-state index contributed by atoms with van der Waals surface area (Å²) in [7, 11) is 0. The summed E-state index contributed by atoms with van der Waals surface area (Å²) >= 11 is 0. The van der Waals surface area contributed by atoms with Crippen LogP contribution in [0, 0.1) is 11.3 Å². The molecule has 1 aromatic carbocycles. The van der Waals surface area contributed by atoms with Crippen LogP contribution in [0.15, 0.2) is 48.7 Å². The van der Waals surface area contributed by atoms with Gasteiger partial charge < -0.3 is 10.0 Å². The lowest BCUT2D eigenvalue weighted by molar-refractivity contribution is 0.109. The minimum atomic E-state index is -0.524. The van der Waals surface area contributed by atoms with Crippen molar-refractivity contribution in [3.63, 3.8) is 0 Å². The maximum absolute atomic E-state index is 10.4. The van der Waals surface area contributed by atoms with Crippen LogP contribution in [0.5, 0.6) is 0 Å². The van der Waals surface area contributed by atoms with Gasteiger partial charge >= 0.3 is 0 Å². The van der Waals surface area contributed by atoms with Gasteiger partial charge in [-0.1, -0.05) is 18.2 Å². The Morgan fingerprint density at radius 1 is 1.09 bits per heavy atom. The number of nitrogens with zero attached hydrogens (tertiary/aromatic N) is 4. The monoisotopic (exact) mass is 308 g/mol. The average molecular weight is 308 g/mol. The van der Waals surface area contributed by atoms with E-state index in [4.69, 9.17) is 5.26 Å². The van der Waals surface area contributed by atoms with Crippen LogP contribution < -0.4 is 4.90 Å². The van der Waals surface area contributed by atoms with Gasteiger partial charge in [-0.25, -0.2) is 4.98 Å². The summed E-state index contributed by atoms with van der Waals surface area (Å²) in [6, 6.07) is 15.2. The van der Waals surface area contributed by atoms with Crippen LogP contribution in [0.2, 0.25) is 0 Å². The van der Waals surface area contributed by atoms with Crippen LogP contribution >= 0.6 is 0 Å². The van der Waals surface area contributed by atoms with Crippen LogP contribution in [-0.4, -0.2) is 47.7 Å². The van der Waals surface area contributed by atoms with E-state index in [-0.39, 0.29) is 0 Å². The van der Waals surface area contributed by atoms with Gasteiger partial charge in [0.1, 0.15) is 5.82 Å². The van der Waals surface area contributed by atoms with Crippen LogP contribution in [0.3, 0.4) is 0 Å². The van der Waals surface area contributed by atoms with Gasteiger partial charge in [0.25, 0.3) is 0 Å². The molecule has 0 radical (unpaired) electrons. The number of hydrogen-bond donors (Lipinski definition) is 1. The predicted molar refractivity (Wildman–Crippen MR) is 89.0 cm³/mol. The minimum absolute atomic E-state index is 0.524. The normalized spacial score (nSPS) is 16.8. The lowest BCUT2D eigenvalue weighted by Crippen LogP contribution is -2.47. The van der Waals surface area contributed by atoms with Crippen molar-refractivity contribution in [3.05, 3.63) is 59.8 Å². The fraction of sp³-hybridized carbons (Fsp3) is 0.333. The van der Waals surface area contributed by atoms with Crippen LogP contribution in [0.4, 0.5) is 5.82 Å². The van der Waals surface area contributed by atoms with E-state index < -0.39 is 6.10 Å². The van der Waals surface area contributed by atoms with E-state index in [1.165, 1.54) is 0 Å². The van der Waals surface area contributed by atoms with Crippen molar-refractivity contribution in [2.24, 2.45) is 0 Å². The number of nitriles is 1. The first-order valence-electron chi connectivity index (χ1n) is 7.83. The van der Waals surface area contributed by atoms with Crippen molar-refractivity contribution in [3.8, 4) is 6.07 Å². The third-order valence-corrected chi connectivity index (χ3v) is 4.20. The zero-order chi connectivity index (χ0) is 16.1. The van der Waals surface area contributed by atoms with E-state index in [0.29, 0.717) is 12.1 Å². The van der Waals surface area contributed by atoms with Gasteiger partial charge in [-0.15, -0.1) is 0 Å². The number of aromatic nitrogens is 1. The number of piperazine rings is 1. The fourth-order valence-corrected chi connectivity index (χ4v) is 2.83. The molecule has 0 amide bonds. The summed E-state index contributed by atoms with van der Waals surface area (Å²) in [5, 5.41) is 19.2. The van der Waals surface area contributed by atoms with Gasteiger partial charge in [0, 0.05) is 38.9 Å². The molecule has 5 nitrogen and oxygen atoms in total. The Balaban J connectivity index is 1.53. The zero-order valence-electron chi connectivity index (χ0n) is 13.0. The second-order valence-corrected chi connectivity index (χ2v) is 5.73. The highest BCUT2D eigenvalue weighted by molar-refractivity contribution is 5.38. The van der Waals surface area contributed by atoms with Gasteiger partial charge in [0.15, 0.2) is 0 Å². The molecule has 1 aliphatic heterocycles. The second-order valence-electron chi connectivity index (χ2n) is 5.73. The summed E-state index contributed by atoms with van der Waals surface area (Å²) in [5.41, 5.74) is 1.47. The first-order chi connectivity index (χ1) is 11.3. The largest absolute Gasteiger partial charge is 0.387 e. The van der Waals surface area contributed by atoms with Gasteiger partial charge in [-0.3, -0.25) is 4.90 Å². The fourth-order valence-electron chi connectivity index (χ4n) is 2.83. The quantitative estimate of drug-likeness (QED) is 0.933. The molecule has 3 rings (SSSR count). The molecule has 1 unspecified atom stereocenters. The topological polar surface area (TPSA) is 63.4 Å². The number of rotatable bonds is 4. The molecule has 5 heteroatoms. The molecular formula is C18H20N4O. The summed E-state index contributed by atoms with van der Waals surface area (Å²) in [5.74, 6) is 1.01.